The smallest absolute Gasteiger partial charge is 0.744 e. The van der Waals surface area contributed by atoms with E-state index in [0.717, 1.165) is 114 Å². The number of hydrogen-bond donors (Lipinski definition) is 0. The van der Waals surface area contributed by atoms with Crippen LogP contribution >= 0.6 is 0 Å². The summed E-state index contributed by atoms with van der Waals surface area (Å²) < 4.78 is 91.8. The molecule has 0 amide bonds. The van der Waals surface area contributed by atoms with Crippen LogP contribution in [0.15, 0.2) is 96.8 Å². The van der Waals surface area contributed by atoms with Crippen molar-refractivity contribution in [3.63, 3.8) is 0 Å². The van der Waals surface area contributed by atoms with Crippen molar-refractivity contribution in [2.45, 2.75) is 472 Å². The Morgan fingerprint density at radius 3 is 0.487 bits per heavy atom. The molecular formula is C100H170CaO14S2. The number of unbranched alkanes of at least 4 members (excludes halogenated alkanes) is 68. The molecule has 0 aromatic heterocycles. The third-order valence-corrected chi connectivity index (χ3v) is 24.2. The molecule has 0 unspecified atom stereocenters. The number of rotatable bonds is 86. The predicted molar refractivity (Wildman–Crippen MR) is 489 cm³/mol. The molecule has 2 rings (SSSR count). The molecule has 2 aromatic rings. The standard InChI is InChI=1S/2C50H86O7S.Ca/c2*1-3-5-7-9-11-13-15-17-19-21-23-25-27-29-31-33-35-37-39-43-56-49(51)47-42-41-46(58(53,54)55)45-48(47)50(52)57-44-40-38-36-34-32-30-28-26-24-22-20-18-16-14-12-10-8-6-4-2;/h2*3-4,41-42,45H,1-2,5-40,43-44H2,(H,53,54,55);/q;;+2/p-2. The number of ether oxygens (including phenoxy) is 4. The third-order valence-electron chi connectivity index (χ3n) is 22.6. The molecule has 0 aliphatic rings. The average Bonchev–Trinajstić information content (AvgIpc) is 0.814. The Kier molecular flexibility index (Phi) is 81.9. The first-order valence-electron chi connectivity index (χ1n) is 47.9. The molecule has 0 aliphatic carbocycles. The number of carbonyl (C=O) groups is 4. The van der Waals surface area contributed by atoms with Gasteiger partial charge in [0.25, 0.3) is 0 Å². The molecule has 0 radical (unpaired) electrons. The summed E-state index contributed by atoms with van der Waals surface area (Å²) in [6.07, 6.45) is 97.3. The molecule has 0 heterocycles. The fourth-order valence-electron chi connectivity index (χ4n) is 15.2. The van der Waals surface area contributed by atoms with Crippen LogP contribution in [0.25, 0.3) is 0 Å². The van der Waals surface area contributed by atoms with Crippen molar-refractivity contribution in [2.24, 2.45) is 0 Å². The second-order valence-corrected chi connectivity index (χ2v) is 36.0. The van der Waals surface area contributed by atoms with Gasteiger partial charge in [-0.25, -0.2) is 36.0 Å². The van der Waals surface area contributed by atoms with Gasteiger partial charge < -0.3 is 28.1 Å². The van der Waals surface area contributed by atoms with Crippen LogP contribution in [0.4, 0.5) is 0 Å². The molecule has 0 bridgehead atoms. The zero-order valence-corrected chi connectivity index (χ0v) is 78.4. The summed E-state index contributed by atoms with van der Waals surface area (Å²) in [5.41, 5.74) is -0.666. The average molecular weight is 1700 g/mol. The Morgan fingerprint density at radius 1 is 0.222 bits per heavy atom. The molecule has 0 spiro atoms. The largest absolute Gasteiger partial charge is 2.00 e. The van der Waals surface area contributed by atoms with Crippen LogP contribution in [-0.4, -0.2) is 114 Å². The predicted octanol–water partition coefficient (Wildman–Crippen LogP) is 30.3. The van der Waals surface area contributed by atoms with Gasteiger partial charge in [0.15, 0.2) is 0 Å². The SMILES string of the molecule is C=CCCCCCCCCCCCCCCCCCCCOC(=O)c1ccc(S(=O)(=O)[O-])cc1C(=O)OCCCCCCCCCCCCCCCCCCCC=C.C=CCCCCCCCCCCCCCCCCCCCOC(=O)c1ccc(S(=O)(=O)[O-])cc1C(=O)OCCCCCCCCCCCCCCCCCCCC=C.[Ca+2]. The molecule has 14 nitrogen and oxygen atoms in total. The van der Waals surface area contributed by atoms with Gasteiger partial charge in [-0.1, -0.05) is 410 Å². The van der Waals surface area contributed by atoms with E-state index in [0.29, 0.717) is 25.7 Å². The fourth-order valence-corrected chi connectivity index (χ4v) is 16.2. The van der Waals surface area contributed by atoms with Crippen LogP contribution < -0.4 is 0 Å². The molecule has 0 atom stereocenters. The van der Waals surface area contributed by atoms with Crippen LogP contribution in [0.5, 0.6) is 0 Å². The maximum Gasteiger partial charge on any atom is 2.00 e. The summed E-state index contributed by atoms with van der Waals surface area (Å²) in [5, 5.41) is 0. The monoisotopic (exact) mass is 1700 g/mol. The quantitative estimate of drug-likeness (QED) is 0.0150. The van der Waals surface area contributed by atoms with Gasteiger partial charge in [0.2, 0.25) is 0 Å². The zero-order valence-electron chi connectivity index (χ0n) is 74.6. The number of allylic oxidation sites excluding steroid dienone is 4. The van der Waals surface area contributed by atoms with Gasteiger partial charge in [-0.05, 0) is 113 Å². The first kappa shape index (κ1) is 113. The minimum atomic E-state index is -4.82. The molecular weight excluding hydrogens is 1530 g/mol. The van der Waals surface area contributed by atoms with Gasteiger partial charge in [-0.2, -0.15) is 0 Å². The molecule has 668 valence electrons. The van der Waals surface area contributed by atoms with Crippen molar-refractivity contribution in [3.8, 4) is 0 Å². The molecule has 0 fully saturated rings. The molecule has 117 heavy (non-hydrogen) atoms. The molecule has 17 heteroatoms. The van der Waals surface area contributed by atoms with Crippen molar-refractivity contribution in [3.05, 3.63) is 109 Å². The minimum Gasteiger partial charge on any atom is -0.744 e. The van der Waals surface area contributed by atoms with Crippen molar-refractivity contribution in [1.82, 2.24) is 0 Å². The Labute approximate surface area is 747 Å². The topological polar surface area (TPSA) is 220 Å². The van der Waals surface area contributed by atoms with Crippen molar-refractivity contribution in [2.75, 3.05) is 26.4 Å². The normalized spacial score (nSPS) is 11.4. The molecule has 0 N–H and O–H groups in total. The Hall–Kier alpha value is -3.64. The number of esters is 4. The van der Waals surface area contributed by atoms with Crippen LogP contribution in [0.3, 0.4) is 0 Å². The van der Waals surface area contributed by atoms with E-state index in [1.54, 1.807) is 0 Å². The summed E-state index contributed by atoms with van der Waals surface area (Å²) in [4.78, 5) is 50.6. The molecule has 2 aromatic carbocycles. The van der Waals surface area contributed by atoms with Gasteiger partial charge in [0.05, 0.1) is 58.5 Å². The van der Waals surface area contributed by atoms with Crippen LogP contribution in [0, 0.1) is 0 Å². The summed E-state index contributed by atoms with van der Waals surface area (Å²) >= 11 is 0. The van der Waals surface area contributed by atoms with E-state index < -0.39 is 53.9 Å². The number of hydrogen-bond acceptors (Lipinski definition) is 14. The summed E-state index contributed by atoms with van der Waals surface area (Å²) in [6.45, 7) is 15.9. The Bertz CT molecular complexity index is 2750. The van der Waals surface area contributed by atoms with Crippen molar-refractivity contribution in [1.29, 1.82) is 0 Å². The van der Waals surface area contributed by atoms with Crippen LogP contribution in [0.2, 0.25) is 0 Å². The van der Waals surface area contributed by atoms with E-state index in [9.17, 15) is 45.1 Å². The van der Waals surface area contributed by atoms with E-state index in [2.05, 4.69) is 26.3 Å². The van der Waals surface area contributed by atoms with Gasteiger partial charge >= 0.3 is 61.6 Å². The maximum atomic E-state index is 13.0. The van der Waals surface area contributed by atoms with E-state index in [4.69, 9.17) is 18.9 Å². The molecule has 0 saturated heterocycles. The van der Waals surface area contributed by atoms with Gasteiger partial charge in [0, 0.05) is 0 Å². The summed E-state index contributed by atoms with van der Waals surface area (Å²) in [6, 6.07) is 6.30. The van der Waals surface area contributed by atoms with E-state index >= 15 is 0 Å². The fraction of sp³-hybridized carbons (Fsp3) is 0.760. The first-order chi connectivity index (χ1) is 56.6. The Morgan fingerprint density at radius 2 is 0.350 bits per heavy atom. The van der Waals surface area contributed by atoms with E-state index in [1.165, 1.54) is 359 Å². The summed E-state index contributed by atoms with van der Waals surface area (Å²) in [7, 11) is -9.64. The zero-order chi connectivity index (χ0) is 84.4. The van der Waals surface area contributed by atoms with E-state index in [-0.39, 0.29) is 86.4 Å². The van der Waals surface area contributed by atoms with E-state index in [1.807, 2.05) is 24.3 Å². The van der Waals surface area contributed by atoms with Crippen molar-refractivity contribution >= 4 is 81.9 Å². The van der Waals surface area contributed by atoms with Crippen LogP contribution in [-0.2, 0) is 39.2 Å². The second-order valence-electron chi connectivity index (χ2n) is 33.2. The Balaban J connectivity index is 0.00000228. The van der Waals surface area contributed by atoms with Crippen molar-refractivity contribution < 1.29 is 64.1 Å². The molecule has 0 saturated carbocycles. The third kappa shape index (κ3) is 71.5. The van der Waals surface area contributed by atoms with Gasteiger partial charge in [0.1, 0.15) is 20.2 Å². The second kappa shape index (κ2) is 84.6. The summed E-state index contributed by atoms with van der Waals surface area (Å²) in [5.74, 6) is -3.08. The van der Waals surface area contributed by atoms with Gasteiger partial charge in [-0.3, -0.25) is 0 Å². The minimum absolute atomic E-state index is 0. The maximum absolute atomic E-state index is 13.0. The van der Waals surface area contributed by atoms with Gasteiger partial charge in [-0.15, -0.1) is 26.3 Å². The number of benzene rings is 2. The first-order valence-corrected chi connectivity index (χ1v) is 50.8. The van der Waals surface area contributed by atoms with Crippen LogP contribution in [0.1, 0.15) is 504 Å². The molecule has 0 aliphatic heterocycles. The number of carbonyl (C=O) groups excluding carboxylic acids is 4.